The molecule has 22 heavy (non-hydrogen) atoms. The molecule has 7 heteroatoms. The van der Waals surface area contributed by atoms with Crippen molar-refractivity contribution in [2.24, 2.45) is 11.5 Å². The number of nitrogens with zero attached hydrogens (tertiary/aromatic N) is 3. The molecule has 2 fully saturated rings. The van der Waals surface area contributed by atoms with Gasteiger partial charge in [0.2, 0.25) is 5.95 Å². The Kier molecular flexibility index (Phi) is 4.42. The van der Waals surface area contributed by atoms with Gasteiger partial charge in [0.1, 0.15) is 11.4 Å². The SMILES string of the molecule is NC(=O)c1cnc(N[C@@H]2CCCC[C@@H]2N)nc1N1CCCC1. The Morgan fingerprint density at radius 2 is 1.95 bits per heavy atom. The summed E-state index contributed by atoms with van der Waals surface area (Å²) in [4.78, 5) is 22.5. The number of nitrogens with two attached hydrogens (primary N) is 2. The normalized spacial score (nSPS) is 25.2. The Labute approximate surface area is 130 Å². The van der Waals surface area contributed by atoms with Crippen LogP contribution in [0.25, 0.3) is 0 Å². The van der Waals surface area contributed by atoms with Crippen LogP contribution in [-0.4, -0.2) is 41.0 Å². The highest BCUT2D eigenvalue weighted by Gasteiger charge is 2.24. The van der Waals surface area contributed by atoms with Crippen LogP contribution in [0.5, 0.6) is 0 Å². The molecule has 1 aliphatic carbocycles. The lowest BCUT2D eigenvalue weighted by atomic mass is 9.91. The van der Waals surface area contributed by atoms with Crippen LogP contribution >= 0.6 is 0 Å². The second kappa shape index (κ2) is 6.48. The zero-order chi connectivity index (χ0) is 15.5. The molecule has 0 spiro atoms. The number of anilines is 2. The van der Waals surface area contributed by atoms with Crippen molar-refractivity contribution >= 4 is 17.7 Å². The minimum Gasteiger partial charge on any atom is -0.365 e. The van der Waals surface area contributed by atoms with E-state index >= 15 is 0 Å². The molecule has 0 bridgehead atoms. The third-order valence-corrected chi connectivity index (χ3v) is 4.57. The number of nitrogens with one attached hydrogen (secondary N) is 1. The second-order valence-corrected chi connectivity index (χ2v) is 6.19. The van der Waals surface area contributed by atoms with Crippen LogP contribution in [0.3, 0.4) is 0 Å². The maximum absolute atomic E-state index is 11.6. The number of hydrogen-bond acceptors (Lipinski definition) is 6. The van der Waals surface area contributed by atoms with Crippen LogP contribution in [-0.2, 0) is 0 Å². The van der Waals surface area contributed by atoms with E-state index < -0.39 is 5.91 Å². The molecule has 1 aromatic heterocycles. The highest BCUT2D eigenvalue weighted by Crippen LogP contribution is 2.25. The highest BCUT2D eigenvalue weighted by molar-refractivity contribution is 5.97. The van der Waals surface area contributed by atoms with Crippen LogP contribution in [0.4, 0.5) is 11.8 Å². The number of primary amides is 1. The van der Waals surface area contributed by atoms with Crippen molar-refractivity contribution in [3.05, 3.63) is 11.8 Å². The van der Waals surface area contributed by atoms with E-state index in [1.807, 2.05) is 0 Å². The summed E-state index contributed by atoms with van der Waals surface area (Å²) in [7, 11) is 0. The molecule has 1 aliphatic heterocycles. The van der Waals surface area contributed by atoms with E-state index in [0.717, 1.165) is 38.8 Å². The van der Waals surface area contributed by atoms with E-state index in [9.17, 15) is 4.79 Å². The standard InChI is InChI=1S/C15H24N6O/c16-11-5-1-2-6-12(11)19-15-18-9-10(13(17)22)14(20-15)21-7-3-4-8-21/h9,11-12H,1-8,16H2,(H2,17,22)(H,18,19,20)/t11-,12+/m0/s1. The number of hydrogen-bond donors (Lipinski definition) is 3. The van der Waals surface area contributed by atoms with Crippen molar-refractivity contribution in [3.63, 3.8) is 0 Å². The smallest absolute Gasteiger partial charge is 0.254 e. The molecule has 1 saturated heterocycles. The first-order valence-corrected chi connectivity index (χ1v) is 8.09. The summed E-state index contributed by atoms with van der Waals surface area (Å²) in [6.45, 7) is 1.80. The Balaban J connectivity index is 1.82. The Morgan fingerprint density at radius 3 is 2.64 bits per heavy atom. The predicted molar refractivity (Wildman–Crippen MR) is 85.9 cm³/mol. The monoisotopic (exact) mass is 304 g/mol. The molecule has 0 radical (unpaired) electrons. The van der Waals surface area contributed by atoms with Gasteiger partial charge in [0, 0.05) is 31.4 Å². The van der Waals surface area contributed by atoms with Crippen molar-refractivity contribution in [2.75, 3.05) is 23.3 Å². The van der Waals surface area contributed by atoms with E-state index in [2.05, 4.69) is 20.2 Å². The molecule has 0 aromatic carbocycles. The third kappa shape index (κ3) is 3.14. The molecule has 7 nitrogen and oxygen atoms in total. The fraction of sp³-hybridized carbons (Fsp3) is 0.667. The molecule has 0 unspecified atom stereocenters. The molecule has 3 rings (SSSR count). The molecule has 2 aliphatic rings. The summed E-state index contributed by atoms with van der Waals surface area (Å²) in [6, 6.07) is 0.322. The minimum atomic E-state index is -0.484. The molecule has 2 atom stereocenters. The molecular formula is C15H24N6O. The van der Waals surface area contributed by atoms with Gasteiger partial charge in [0.15, 0.2) is 0 Å². The molecular weight excluding hydrogens is 280 g/mol. The fourth-order valence-corrected chi connectivity index (χ4v) is 3.29. The number of amides is 1. The zero-order valence-corrected chi connectivity index (χ0v) is 12.8. The molecule has 5 N–H and O–H groups in total. The van der Waals surface area contributed by atoms with Gasteiger partial charge in [-0.3, -0.25) is 4.79 Å². The average Bonchev–Trinajstić information content (AvgIpc) is 3.03. The Bertz CT molecular complexity index is 543. The van der Waals surface area contributed by atoms with Crippen LogP contribution in [0.1, 0.15) is 48.9 Å². The van der Waals surface area contributed by atoms with Gasteiger partial charge in [-0.2, -0.15) is 4.98 Å². The van der Waals surface area contributed by atoms with Gasteiger partial charge in [0.05, 0.1) is 0 Å². The van der Waals surface area contributed by atoms with Crippen molar-refractivity contribution in [1.29, 1.82) is 0 Å². The first kappa shape index (κ1) is 15.0. The van der Waals surface area contributed by atoms with Crippen LogP contribution in [0.15, 0.2) is 6.20 Å². The second-order valence-electron chi connectivity index (χ2n) is 6.19. The summed E-state index contributed by atoms with van der Waals surface area (Å²) in [5, 5.41) is 3.33. The topological polar surface area (TPSA) is 110 Å². The minimum absolute atomic E-state index is 0.128. The molecule has 1 aromatic rings. The lowest BCUT2D eigenvalue weighted by molar-refractivity contribution is 0.1000. The van der Waals surface area contributed by atoms with Crippen LogP contribution in [0, 0.1) is 0 Å². The van der Waals surface area contributed by atoms with Crippen LogP contribution in [0.2, 0.25) is 0 Å². The number of rotatable bonds is 4. The fourth-order valence-electron chi connectivity index (χ4n) is 3.29. The first-order chi connectivity index (χ1) is 10.6. The van der Waals surface area contributed by atoms with Crippen molar-refractivity contribution in [3.8, 4) is 0 Å². The predicted octanol–water partition coefficient (Wildman–Crippen LogP) is 0.857. The van der Waals surface area contributed by atoms with Gasteiger partial charge < -0.3 is 21.7 Å². The summed E-state index contributed by atoms with van der Waals surface area (Å²) >= 11 is 0. The summed E-state index contributed by atoms with van der Waals surface area (Å²) in [6.07, 6.45) is 8.15. The largest absolute Gasteiger partial charge is 0.365 e. The van der Waals surface area contributed by atoms with E-state index in [-0.39, 0.29) is 12.1 Å². The maximum Gasteiger partial charge on any atom is 0.254 e. The number of carbonyl (C=O) groups is 1. The van der Waals surface area contributed by atoms with Gasteiger partial charge in [-0.25, -0.2) is 4.98 Å². The Hall–Kier alpha value is -1.89. The lowest BCUT2D eigenvalue weighted by Crippen LogP contribution is -2.43. The maximum atomic E-state index is 11.6. The van der Waals surface area contributed by atoms with Gasteiger partial charge in [-0.05, 0) is 25.7 Å². The molecule has 1 amide bonds. The highest BCUT2D eigenvalue weighted by atomic mass is 16.1. The Morgan fingerprint density at radius 1 is 1.23 bits per heavy atom. The van der Waals surface area contributed by atoms with E-state index in [0.29, 0.717) is 17.3 Å². The summed E-state index contributed by atoms with van der Waals surface area (Å²) in [5.74, 6) is 0.698. The molecule has 120 valence electrons. The average molecular weight is 304 g/mol. The summed E-state index contributed by atoms with van der Waals surface area (Å²) < 4.78 is 0. The summed E-state index contributed by atoms with van der Waals surface area (Å²) in [5.41, 5.74) is 12.0. The van der Waals surface area contributed by atoms with Gasteiger partial charge in [-0.1, -0.05) is 12.8 Å². The van der Waals surface area contributed by atoms with Crippen molar-refractivity contribution in [1.82, 2.24) is 9.97 Å². The lowest BCUT2D eigenvalue weighted by Gasteiger charge is -2.29. The third-order valence-electron chi connectivity index (χ3n) is 4.57. The van der Waals surface area contributed by atoms with Crippen molar-refractivity contribution < 1.29 is 4.79 Å². The van der Waals surface area contributed by atoms with E-state index in [1.54, 1.807) is 0 Å². The van der Waals surface area contributed by atoms with Crippen molar-refractivity contribution in [2.45, 2.75) is 50.6 Å². The van der Waals surface area contributed by atoms with Gasteiger partial charge in [0.25, 0.3) is 5.91 Å². The van der Waals surface area contributed by atoms with Gasteiger partial charge in [-0.15, -0.1) is 0 Å². The zero-order valence-electron chi connectivity index (χ0n) is 12.8. The molecule has 1 saturated carbocycles. The van der Waals surface area contributed by atoms with E-state index in [1.165, 1.54) is 19.0 Å². The number of carbonyl (C=O) groups excluding carboxylic acids is 1. The quantitative estimate of drug-likeness (QED) is 0.761. The van der Waals surface area contributed by atoms with E-state index in [4.69, 9.17) is 11.5 Å². The van der Waals surface area contributed by atoms with Crippen LogP contribution < -0.4 is 21.7 Å². The molecule has 2 heterocycles. The number of aromatic nitrogens is 2. The van der Waals surface area contributed by atoms with Gasteiger partial charge >= 0.3 is 0 Å². The first-order valence-electron chi connectivity index (χ1n) is 8.09.